The van der Waals surface area contributed by atoms with Gasteiger partial charge in [0, 0.05) is 38.6 Å². The molecule has 1 aliphatic heterocycles. The first-order valence-electron chi connectivity index (χ1n) is 10.1. The molecule has 8 heteroatoms. The van der Waals surface area contributed by atoms with Crippen LogP contribution in [0.2, 0.25) is 0 Å². The highest BCUT2D eigenvalue weighted by molar-refractivity contribution is 6.00. The predicted molar refractivity (Wildman–Crippen MR) is 114 cm³/mol. The van der Waals surface area contributed by atoms with E-state index in [0.29, 0.717) is 41.7 Å². The number of aromatic nitrogens is 5. The maximum absolute atomic E-state index is 13.5. The van der Waals surface area contributed by atoms with Gasteiger partial charge in [-0.3, -0.25) is 9.48 Å². The van der Waals surface area contributed by atoms with E-state index < -0.39 is 0 Å². The Bertz CT molecular complexity index is 1200. The minimum atomic E-state index is -0.0406. The number of nitrogen functional groups attached to an aromatic ring is 1. The van der Waals surface area contributed by atoms with Gasteiger partial charge in [-0.1, -0.05) is 30.3 Å². The van der Waals surface area contributed by atoms with Crippen LogP contribution in [-0.4, -0.2) is 48.3 Å². The summed E-state index contributed by atoms with van der Waals surface area (Å²) in [6.07, 6.45) is 5.22. The second-order valence-corrected chi connectivity index (χ2v) is 7.68. The second kappa shape index (κ2) is 7.29. The van der Waals surface area contributed by atoms with E-state index in [1.165, 1.54) is 5.56 Å². The Balaban J connectivity index is 1.48. The number of rotatable bonds is 3. The molecule has 3 aromatic heterocycles. The Labute approximate surface area is 173 Å². The standard InChI is InChI=1S/C22H23N7O/c1-27-18(7-10-25-27)21-17(14-24-20-13-19(23)26-29(20)21)22(30)28-11-8-16(9-12-28)15-5-3-2-4-6-15/h2-7,10,13-14,16H,8-9,11-12H2,1H3,(H2,23,26). The topological polar surface area (TPSA) is 94.3 Å². The van der Waals surface area contributed by atoms with E-state index >= 15 is 0 Å². The summed E-state index contributed by atoms with van der Waals surface area (Å²) in [7, 11) is 1.84. The van der Waals surface area contributed by atoms with E-state index in [1.54, 1.807) is 27.7 Å². The highest BCUT2D eigenvalue weighted by atomic mass is 16.2. The second-order valence-electron chi connectivity index (χ2n) is 7.68. The highest BCUT2D eigenvalue weighted by Crippen LogP contribution is 2.30. The van der Waals surface area contributed by atoms with Gasteiger partial charge in [0.05, 0.1) is 11.3 Å². The fraction of sp³-hybridized carbons (Fsp3) is 0.273. The van der Waals surface area contributed by atoms with Crippen LogP contribution >= 0.6 is 0 Å². The predicted octanol–water partition coefficient (Wildman–Crippen LogP) is 2.73. The van der Waals surface area contributed by atoms with Gasteiger partial charge in [-0.15, -0.1) is 5.10 Å². The fourth-order valence-corrected chi connectivity index (χ4v) is 4.27. The van der Waals surface area contributed by atoms with Crippen molar-refractivity contribution in [2.45, 2.75) is 18.8 Å². The van der Waals surface area contributed by atoms with Gasteiger partial charge in [0.1, 0.15) is 11.5 Å². The number of anilines is 1. The van der Waals surface area contributed by atoms with Crippen LogP contribution in [0.4, 0.5) is 5.82 Å². The Hall–Kier alpha value is -3.68. The summed E-state index contributed by atoms with van der Waals surface area (Å²) in [5, 5.41) is 8.63. The van der Waals surface area contributed by atoms with Crippen LogP contribution < -0.4 is 5.73 Å². The molecule has 0 bridgehead atoms. The van der Waals surface area contributed by atoms with E-state index in [0.717, 1.165) is 18.5 Å². The number of hydrogen-bond donors (Lipinski definition) is 1. The Morgan fingerprint density at radius 1 is 1.13 bits per heavy atom. The molecule has 1 aliphatic rings. The molecule has 2 N–H and O–H groups in total. The average Bonchev–Trinajstić information content (AvgIpc) is 3.37. The lowest BCUT2D eigenvalue weighted by atomic mass is 9.89. The average molecular weight is 401 g/mol. The minimum absolute atomic E-state index is 0.0406. The number of hydrogen-bond acceptors (Lipinski definition) is 5. The van der Waals surface area contributed by atoms with Gasteiger partial charge in [0.15, 0.2) is 5.65 Å². The van der Waals surface area contributed by atoms with Crippen LogP contribution in [0, 0.1) is 0 Å². The summed E-state index contributed by atoms with van der Waals surface area (Å²) in [6.45, 7) is 1.42. The van der Waals surface area contributed by atoms with Gasteiger partial charge in [0.2, 0.25) is 0 Å². The molecule has 0 atom stereocenters. The summed E-state index contributed by atoms with van der Waals surface area (Å²) < 4.78 is 3.36. The lowest BCUT2D eigenvalue weighted by molar-refractivity contribution is 0.0712. The smallest absolute Gasteiger partial charge is 0.257 e. The number of fused-ring (bicyclic) bond motifs is 1. The largest absolute Gasteiger partial charge is 0.382 e. The van der Waals surface area contributed by atoms with Crippen LogP contribution in [-0.2, 0) is 7.05 Å². The van der Waals surface area contributed by atoms with E-state index in [1.807, 2.05) is 24.1 Å². The third-order valence-electron chi connectivity index (χ3n) is 5.85. The molecule has 1 amide bonds. The first kappa shape index (κ1) is 18.4. The van der Waals surface area contributed by atoms with Gasteiger partial charge in [-0.2, -0.15) is 5.10 Å². The zero-order valence-corrected chi connectivity index (χ0v) is 16.8. The molecular weight excluding hydrogens is 378 g/mol. The normalized spacial score (nSPS) is 15.0. The Morgan fingerprint density at radius 3 is 2.60 bits per heavy atom. The minimum Gasteiger partial charge on any atom is -0.382 e. The third kappa shape index (κ3) is 3.10. The fourth-order valence-electron chi connectivity index (χ4n) is 4.27. The molecule has 30 heavy (non-hydrogen) atoms. The molecule has 0 radical (unpaired) electrons. The lowest BCUT2D eigenvalue weighted by Gasteiger charge is -2.32. The number of nitrogens with zero attached hydrogens (tertiary/aromatic N) is 6. The molecule has 0 spiro atoms. The number of carbonyl (C=O) groups is 1. The number of piperidine rings is 1. The van der Waals surface area contributed by atoms with Gasteiger partial charge < -0.3 is 10.6 Å². The van der Waals surface area contributed by atoms with Gasteiger partial charge in [0.25, 0.3) is 5.91 Å². The zero-order valence-electron chi connectivity index (χ0n) is 16.8. The SMILES string of the molecule is Cn1nccc1-c1c(C(=O)N2CCC(c3ccccc3)CC2)cnc2cc(N)nn12. The number of aryl methyl sites for hydroxylation is 1. The highest BCUT2D eigenvalue weighted by Gasteiger charge is 2.28. The van der Waals surface area contributed by atoms with Crippen molar-refractivity contribution in [3.8, 4) is 11.4 Å². The van der Waals surface area contributed by atoms with Crippen LogP contribution in [0.1, 0.15) is 34.7 Å². The van der Waals surface area contributed by atoms with Crippen LogP contribution in [0.25, 0.3) is 17.0 Å². The monoisotopic (exact) mass is 401 g/mol. The van der Waals surface area contributed by atoms with Crippen molar-refractivity contribution < 1.29 is 4.79 Å². The van der Waals surface area contributed by atoms with Crippen molar-refractivity contribution in [2.75, 3.05) is 18.8 Å². The summed E-state index contributed by atoms with van der Waals surface area (Å²) in [5.41, 5.74) is 9.79. The molecule has 0 saturated carbocycles. The number of likely N-dealkylation sites (tertiary alicyclic amines) is 1. The molecule has 4 aromatic rings. The molecule has 1 aromatic carbocycles. The van der Waals surface area contributed by atoms with Crippen molar-refractivity contribution >= 4 is 17.4 Å². The summed E-state index contributed by atoms with van der Waals surface area (Å²) >= 11 is 0. The summed E-state index contributed by atoms with van der Waals surface area (Å²) in [5.74, 6) is 0.804. The van der Waals surface area contributed by atoms with Crippen LogP contribution in [0.15, 0.2) is 54.9 Å². The van der Waals surface area contributed by atoms with E-state index in [4.69, 9.17) is 5.73 Å². The van der Waals surface area contributed by atoms with E-state index in [2.05, 4.69) is 39.4 Å². The molecule has 1 saturated heterocycles. The molecule has 8 nitrogen and oxygen atoms in total. The van der Waals surface area contributed by atoms with Crippen molar-refractivity contribution in [1.29, 1.82) is 0 Å². The van der Waals surface area contributed by atoms with E-state index in [-0.39, 0.29) is 5.91 Å². The molecule has 0 unspecified atom stereocenters. The van der Waals surface area contributed by atoms with Crippen molar-refractivity contribution in [3.63, 3.8) is 0 Å². The third-order valence-corrected chi connectivity index (χ3v) is 5.85. The Kier molecular flexibility index (Phi) is 4.46. The first-order chi connectivity index (χ1) is 14.6. The maximum Gasteiger partial charge on any atom is 0.257 e. The van der Waals surface area contributed by atoms with Crippen LogP contribution in [0.5, 0.6) is 0 Å². The van der Waals surface area contributed by atoms with Crippen molar-refractivity contribution in [3.05, 3.63) is 66.0 Å². The molecular formula is C22H23N7O. The van der Waals surface area contributed by atoms with Gasteiger partial charge in [-0.25, -0.2) is 9.50 Å². The van der Waals surface area contributed by atoms with Gasteiger partial charge in [-0.05, 0) is 30.4 Å². The molecule has 5 rings (SSSR count). The number of benzene rings is 1. The van der Waals surface area contributed by atoms with Crippen LogP contribution in [0.3, 0.4) is 0 Å². The number of amides is 1. The molecule has 152 valence electrons. The first-order valence-corrected chi connectivity index (χ1v) is 10.1. The van der Waals surface area contributed by atoms with Gasteiger partial charge >= 0.3 is 0 Å². The quantitative estimate of drug-likeness (QED) is 0.570. The number of carbonyl (C=O) groups excluding carboxylic acids is 1. The maximum atomic E-state index is 13.5. The molecule has 4 heterocycles. The summed E-state index contributed by atoms with van der Waals surface area (Å²) in [4.78, 5) is 19.8. The zero-order chi connectivity index (χ0) is 20.7. The van der Waals surface area contributed by atoms with Crippen molar-refractivity contribution in [2.24, 2.45) is 7.05 Å². The van der Waals surface area contributed by atoms with E-state index in [9.17, 15) is 4.79 Å². The summed E-state index contributed by atoms with van der Waals surface area (Å²) in [6, 6.07) is 14.1. The Morgan fingerprint density at radius 2 is 1.90 bits per heavy atom. The molecule has 0 aliphatic carbocycles. The lowest BCUT2D eigenvalue weighted by Crippen LogP contribution is -2.38. The number of nitrogens with two attached hydrogens (primary N) is 1. The van der Waals surface area contributed by atoms with Crippen molar-refractivity contribution in [1.82, 2.24) is 29.3 Å². The molecule has 1 fully saturated rings.